The van der Waals surface area contributed by atoms with Gasteiger partial charge in [-0.15, -0.1) is 0 Å². The summed E-state index contributed by atoms with van der Waals surface area (Å²) in [5.41, 5.74) is 4.08. The zero-order valence-electron chi connectivity index (χ0n) is 12.4. The summed E-state index contributed by atoms with van der Waals surface area (Å²) in [5, 5.41) is 9.26. The molecule has 0 aliphatic heterocycles. The SMILES string of the molecule is Cc1ccc(CCN(C)CC2(C#N)CCC2)cc1C. The minimum Gasteiger partial charge on any atom is -0.304 e. The van der Waals surface area contributed by atoms with Gasteiger partial charge in [0.1, 0.15) is 0 Å². The van der Waals surface area contributed by atoms with Crippen LogP contribution in [0.25, 0.3) is 0 Å². The lowest BCUT2D eigenvalue weighted by Crippen LogP contribution is -2.40. The third kappa shape index (κ3) is 3.36. The highest BCUT2D eigenvalue weighted by Gasteiger charge is 2.37. The maximum absolute atomic E-state index is 9.26. The third-order valence-corrected chi connectivity index (χ3v) is 4.47. The van der Waals surface area contributed by atoms with Gasteiger partial charge in [0.15, 0.2) is 0 Å². The molecular formula is C17H24N2. The Balaban J connectivity index is 1.85. The van der Waals surface area contributed by atoms with Gasteiger partial charge in [0.2, 0.25) is 0 Å². The summed E-state index contributed by atoms with van der Waals surface area (Å²) in [6, 6.07) is 9.23. The Labute approximate surface area is 117 Å². The van der Waals surface area contributed by atoms with E-state index in [4.69, 9.17) is 0 Å². The van der Waals surface area contributed by atoms with Crippen molar-refractivity contribution in [3.8, 4) is 6.07 Å². The molecule has 0 saturated heterocycles. The van der Waals surface area contributed by atoms with Crippen LogP contribution < -0.4 is 0 Å². The van der Waals surface area contributed by atoms with Gasteiger partial charge in [0.05, 0.1) is 11.5 Å². The van der Waals surface area contributed by atoms with Crippen molar-refractivity contribution in [3.05, 3.63) is 34.9 Å². The summed E-state index contributed by atoms with van der Waals surface area (Å²) >= 11 is 0. The van der Waals surface area contributed by atoms with Crippen LogP contribution in [0.1, 0.15) is 36.0 Å². The fraction of sp³-hybridized carbons (Fsp3) is 0.588. The van der Waals surface area contributed by atoms with Crippen LogP contribution >= 0.6 is 0 Å². The van der Waals surface area contributed by atoms with E-state index in [-0.39, 0.29) is 5.41 Å². The molecule has 102 valence electrons. The molecule has 1 aliphatic rings. The first-order valence-corrected chi connectivity index (χ1v) is 7.21. The number of nitriles is 1. The van der Waals surface area contributed by atoms with Gasteiger partial charge in [-0.25, -0.2) is 0 Å². The van der Waals surface area contributed by atoms with E-state index in [9.17, 15) is 5.26 Å². The van der Waals surface area contributed by atoms with Crippen LogP contribution in [0.5, 0.6) is 0 Å². The van der Waals surface area contributed by atoms with Gasteiger partial charge in [-0.3, -0.25) is 0 Å². The second kappa shape index (κ2) is 5.75. The Morgan fingerprint density at radius 2 is 2.00 bits per heavy atom. The molecule has 1 fully saturated rings. The van der Waals surface area contributed by atoms with Crippen molar-refractivity contribution in [1.82, 2.24) is 4.90 Å². The minimum absolute atomic E-state index is 0.0437. The number of nitrogens with zero attached hydrogens (tertiary/aromatic N) is 2. The monoisotopic (exact) mass is 256 g/mol. The van der Waals surface area contributed by atoms with Gasteiger partial charge < -0.3 is 4.90 Å². The normalized spacial score (nSPS) is 17.0. The number of hydrogen-bond acceptors (Lipinski definition) is 2. The van der Waals surface area contributed by atoms with E-state index in [1.165, 1.54) is 23.1 Å². The average molecular weight is 256 g/mol. The highest BCUT2D eigenvalue weighted by atomic mass is 15.1. The molecule has 0 amide bonds. The van der Waals surface area contributed by atoms with Crippen LogP contribution in [-0.4, -0.2) is 25.0 Å². The summed E-state index contributed by atoms with van der Waals surface area (Å²) in [6.07, 6.45) is 4.45. The molecule has 2 rings (SSSR count). The van der Waals surface area contributed by atoms with Crippen LogP contribution in [0.2, 0.25) is 0 Å². The topological polar surface area (TPSA) is 27.0 Å². The number of aryl methyl sites for hydroxylation is 2. The summed E-state index contributed by atoms with van der Waals surface area (Å²) in [6.45, 7) is 6.28. The van der Waals surface area contributed by atoms with Gasteiger partial charge in [-0.05, 0) is 56.8 Å². The maximum Gasteiger partial charge on any atom is 0.0703 e. The second-order valence-corrected chi connectivity index (χ2v) is 6.15. The smallest absolute Gasteiger partial charge is 0.0703 e. The molecule has 1 saturated carbocycles. The summed E-state index contributed by atoms with van der Waals surface area (Å²) in [4.78, 5) is 2.32. The third-order valence-electron chi connectivity index (χ3n) is 4.47. The van der Waals surface area contributed by atoms with Crippen molar-refractivity contribution in [2.75, 3.05) is 20.1 Å². The predicted molar refractivity (Wildman–Crippen MR) is 79.0 cm³/mol. The van der Waals surface area contributed by atoms with Crippen LogP contribution in [0.3, 0.4) is 0 Å². The Bertz CT molecular complexity index is 481. The molecule has 0 spiro atoms. The Hall–Kier alpha value is -1.33. The first kappa shape index (κ1) is 14.1. The van der Waals surface area contributed by atoms with E-state index in [2.05, 4.69) is 50.1 Å². The molecular weight excluding hydrogens is 232 g/mol. The molecule has 0 heterocycles. The van der Waals surface area contributed by atoms with Crippen LogP contribution in [0.4, 0.5) is 0 Å². The molecule has 19 heavy (non-hydrogen) atoms. The Kier molecular flexibility index (Phi) is 4.27. The highest BCUT2D eigenvalue weighted by Crippen LogP contribution is 2.40. The molecule has 0 unspecified atom stereocenters. The molecule has 0 atom stereocenters. The molecule has 2 heteroatoms. The lowest BCUT2D eigenvalue weighted by molar-refractivity contribution is 0.139. The number of rotatable bonds is 5. The standard InChI is InChI=1S/C17H24N2/c1-14-5-6-16(11-15(14)2)7-10-19(3)13-17(12-18)8-4-9-17/h5-6,11H,4,7-10,13H2,1-3H3. The molecule has 0 aromatic heterocycles. The Morgan fingerprint density at radius 3 is 2.53 bits per heavy atom. The van der Waals surface area contributed by atoms with Gasteiger partial charge in [0.25, 0.3) is 0 Å². The first-order valence-electron chi connectivity index (χ1n) is 7.21. The number of hydrogen-bond donors (Lipinski definition) is 0. The van der Waals surface area contributed by atoms with Crippen LogP contribution in [0, 0.1) is 30.6 Å². The van der Waals surface area contributed by atoms with Crippen molar-refractivity contribution in [1.29, 1.82) is 5.26 Å². The Morgan fingerprint density at radius 1 is 1.26 bits per heavy atom. The van der Waals surface area contributed by atoms with Crippen molar-refractivity contribution in [2.24, 2.45) is 5.41 Å². The van der Waals surface area contributed by atoms with Gasteiger partial charge >= 0.3 is 0 Å². The molecule has 1 aromatic carbocycles. The summed E-state index contributed by atoms with van der Waals surface area (Å²) < 4.78 is 0. The zero-order chi connectivity index (χ0) is 13.9. The van der Waals surface area contributed by atoms with Crippen molar-refractivity contribution in [2.45, 2.75) is 39.5 Å². The lowest BCUT2D eigenvalue weighted by atomic mass is 9.69. The van der Waals surface area contributed by atoms with E-state index < -0.39 is 0 Å². The predicted octanol–water partition coefficient (Wildman–Crippen LogP) is 3.47. The van der Waals surface area contributed by atoms with Crippen molar-refractivity contribution < 1.29 is 0 Å². The van der Waals surface area contributed by atoms with E-state index in [1.54, 1.807) is 0 Å². The lowest BCUT2D eigenvalue weighted by Gasteiger charge is -2.38. The molecule has 0 bridgehead atoms. The van der Waals surface area contributed by atoms with Crippen molar-refractivity contribution in [3.63, 3.8) is 0 Å². The molecule has 2 nitrogen and oxygen atoms in total. The maximum atomic E-state index is 9.26. The summed E-state index contributed by atoms with van der Waals surface area (Å²) in [7, 11) is 2.14. The molecule has 1 aromatic rings. The van der Waals surface area contributed by atoms with E-state index in [0.29, 0.717) is 0 Å². The average Bonchev–Trinajstić information content (AvgIpc) is 2.35. The molecule has 1 aliphatic carbocycles. The first-order chi connectivity index (χ1) is 9.04. The van der Waals surface area contributed by atoms with Crippen molar-refractivity contribution >= 4 is 0 Å². The van der Waals surface area contributed by atoms with Crippen LogP contribution in [0.15, 0.2) is 18.2 Å². The second-order valence-electron chi connectivity index (χ2n) is 6.15. The van der Waals surface area contributed by atoms with E-state index >= 15 is 0 Å². The largest absolute Gasteiger partial charge is 0.304 e. The minimum atomic E-state index is -0.0437. The van der Waals surface area contributed by atoms with E-state index in [0.717, 1.165) is 32.4 Å². The number of benzene rings is 1. The van der Waals surface area contributed by atoms with Gasteiger partial charge in [-0.1, -0.05) is 24.6 Å². The van der Waals surface area contributed by atoms with Gasteiger partial charge in [0, 0.05) is 13.1 Å². The fourth-order valence-electron chi connectivity index (χ4n) is 2.78. The zero-order valence-corrected chi connectivity index (χ0v) is 12.4. The van der Waals surface area contributed by atoms with Crippen LogP contribution in [-0.2, 0) is 6.42 Å². The van der Waals surface area contributed by atoms with E-state index in [1.807, 2.05) is 0 Å². The molecule has 0 N–H and O–H groups in total. The summed E-state index contributed by atoms with van der Waals surface area (Å²) in [5.74, 6) is 0. The molecule has 0 radical (unpaired) electrons. The fourth-order valence-corrected chi connectivity index (χ4v) is 2.78. The quantitative estimate of drug-likeness (QED) is 0.806. The van der Waals surface area contributed by atoms with Gasteiger partial charge in [-0.2, -0.15) is 5.26 Å². The number of likely N-dealkylation sites (N-methyl/N-ethyl adjacent to an activating group) is 1. The highest BCUT2D eigenvalue weighted by molar-refractivity contribution is 5.30.